The van der Waals surface area contributed by atoms with E-state index in [1.54, 1.807) is 0 Å². The van der Waals surface area contributed by atoms with Gasteiger partial charge in [0.1, 0.15) is 0 Å². The minimum Gasteiger partial charge on any atom is -0.324 e. The van der Waals surface area contributed by atoms with E-state index in [0.717, 1.165) is 12.8 Å². The lowest BCUT2D eigenvalue weighted by Crippen LogP contribution is -2.20. The molecule has 0 radical (unpaired) electrons. The van der Waals surface area contributed by atoms with Crippen LogP contribution in [0.1, 0.15) is 41.5 Å². The molecule has 2 aromatic rings. The number of fused-ring (bicyclic) bond motifs is 1. The van der Waals surface area contributed by atoms with E-state index in [9.17, 15) is 0 Å². The van der Waals surface area contributed by atoms with E-state index in [2.05, 4.69) is 30.3 Å². The third kappa shape index (κ3) is 2.82. The number of rotatable bonds is 1. The summed E-state index contributed by atoms with van der Waals surface area (Å²) in [5.41, 5.74) is 9.98. The zero-order valence-electron chi connectivity index (χ0n) is 10.9. The van der Waals surface area contributed by atoms with Crippen molar-refractivity contribution in [2.45, 2.75) is 24.8 Å². The lowest BCUT2D eigenvalue weighted by molar-refractivity contribution is 0.530. The second-order valence-corrected chi connectivity index (χ2v) is 5.85. The number of hydrogen-bond acceptors (Lipinski definition) is 1. The van der Waals surface area contributed by atoms with Crippen LogP contribution in [0.2, 0.25) is 10.0 Å². The number of halogens is 3. The fourth-order valence-corrected chi connectivity index (χ4v) is 3.21. The SMILES string of the molecule is Cl.NC1CCC(c2ccc(Cl)c(Cl)c2)c2ccccc21. The summed E-state index contributed by atoms with van der Waals surface area (Å²) in [5, 5.41) is 1.22. The van der Waals surface area contributed by atoms with E-state index >= 15 is 0 Å². The van der Waals surface area contributed by atoms with Crippen molar-refractivity contribution in [2.24, 2.45) is 5.73 Å². The van der Waals surface area contributed by atoms with Gasteiger partial charge in [-0.3, -0.25) is 0 Å². The molecule has 0 heterocycles. The highest BCUT2D eigenvalue weighted by Crippen LogP contribution is 2.41. The average molecular weight is 329 g/mol. The van der Waals surface area contributed by atoms with Crippen molar-refractivity contribution in [3.05, 3.63) is 69.2 Å². The van der Waals surface area contributed by atoms with E-state index in [4.69, 9.17) is 28.9 Å². The second kappa shape index (κ2) is 6.36. The van der Waals surface area contributed by atoms with E-state index < -0.39 is 0 Å². The molecule has 1 aliphatic carbocycles. The van der Waals surface area contributed by atoms with E-state index in [1.165, 1.54) is 16.7 Å². The van der Waals surface area contributed by atoms with Crippen LogP contribution in [0, 0.1) is 0 Å². The topological polar surface area (TPSA) is 26.0 Å². The molecule has 3 rings (SSSR count). The average Bonchev–Trinajstić information content (AvgIpc) is 2.43. The third-order valence-electron chi connectivity index (χ3n) is 3.88. The van der Waals surface area contributed by atoms with Crippen molar-refractivity contribution >= 4 is 35.6 Å². The highest BCUT2D eigenvalue weighted by molar-refractivity contribution is 6.42. The molecule has 1 nitrogen and oxygen atoms in total. The largest absolute Gasteiger partial charge is 0.324 e. The van der Waals surface area contributed by atoms with E-state index in [1.807, 2.05) is 12.1 Å². The van der Waals surface area contributed by atoms with Gasteiger partial charge in [0.15, 0.2) is 0 Å². The molecule has 0 saturated heterocycles. The Kier molecular flexibility index (Phi) is 4.98. The predicted molar refractivity (Wildman–Crippen MR) is 88.2 cm³/mol. The summed E-state index contributed by atoms with van der Waals surface area (Å²) >= 11 is 12.1. The van der Waals surface area contributed by atoms with Crippen LogP contribution in [0.4, 0.5) is 0 Å². The van der Waals surface area contributed by atoms with Crippen molar-refractivity contribution < 1.29 is 0 Å². The molecule has 0 aromatic heterocycles. The summed E-state index contributed by atoms with van der Waals surface area (Å²) < 4.78 is 0. The lowest BCUT2D eigenvalue weighted by atomic mass is 9.77. The molecule has 0 saturated carbocycles. The summed E-state index contributed by atoms with van der Waals surface area (Å²) in [6.07, 6.45) is 2.05. The molecule has 20 heavy (non-hydrogen) atoms. The van der Waals surface area contributed by atoms with Gasteiger partial charge in [0, 0.05) is 12.0 Å². The monoisotopic (exact) mass is 327 g/mol. The molecule has 4 heteroatoms. The molecular weight excluding hydrogens is 313 g/mol. The Morgan fingerprint density at radius 3 is 2.30 bits per heavy atom. The van der Waals surface area contributed by atoms with Crippen molar-refractivity contribution in [1.82, 2.24) is 0 Å². The molecule has 2 atom stereocenters. The molecule has 106 valence electrons. The maximum atomic E-state index is 6.19. The Labute approximate surface area is 135 Å². The van der Waals surface area contributed by atoms with Crippen molar-refractivity contribution in [3.63, 3.8) is 0 Å². The summed E-state index contributed by atoms with van der Waals surface area (Å²) in [5.74, 6) is 0.366. The van der Waals surface area contributed by atoms with Crippen LogP contribution in [-0.4, -0.2) is 0 Å². The first kappa shape index (κ1) is 15.7. The van der Waals surface area contributed by atoms with Gasteiger partial charge in [-0.2, -0.15) is 0 Å². The van der Waals surface area contributed by atoms with Gasteiger partial charge in [-0.1, -0.05) is 53.5 Å². The first-order chi connectivity index (χ1) is 9.16. The minimum absolute atomic E-state index is 0. The number of benzene rings is 2. The van der Waals surface area contributed by atoms with Crippen LogP contribution in [0.25, 0.3) is 0 Å². The number of nitrogens with two attached hydrogens (primary N) is 1. The van der Waals surface area contributed by atoms with E-state index in [-0.39, 0.29) is 18.4 Å². The van der Waals surface area contributed by atoms with Crippen LogP contribution in [0.15, 0.2) is 42.5 Å². The Bertz CT molecular complexity index is 612. The van der Waals surface area contributed by atoms with Crippen molar-refractivity contribution in [1.29, 1.82) is 0 Å². The Hall–Kier alpha value is -0.730. The predicted octanol–water partition coefficient (Wildman–Crippen LogP) is 5.34. The van der Waals surface area contributed by atoms with Crippen LogP contribution < -0.4 is 5.73 Å². The smallest absolute Gasteiger partial charge is 0.0595 e. The first-order valence-corrected chi connectivity index (χ1v) is 7.22. The molecule has 0 amide bonds. The van der Waals surface area contributed by atoms with Gasteiger partial charge in [-0.15, -0.1) is 12.4 Å². The third-order valence-corrected chi connectivity index (χ3v) is 4.62. The van der Waals surface area contributed by atoms with Crippen LogP contribution in [-0.2, 0) is 0 Å². The van der Waals surface area contributed by atoms with Gasteiger partial charge in [0.25, 0.3) is 0 Å². The molecule has 0 spiro atoms. The second-order valence-electron chi connectivity index (χ2n) is 5.04. The molecule has 0 aliphatic heterocycles. The highest BCUT2D eigenvalue weighted by atomic mass is 35.5. The Morgan fingerprint density at radius 2 is 1.60 bits per heavy atom. The normalized spacial score (nSPS) is 20.9. The van der Waals surface area contributed by atoms with Gasteiger partial charge in [0.2, 0.25) is 0 Å². The van der Waals surface area contributed by atoms with Gasteiger partial charge in [-0.25, -0.2) is 0 Å². The quantitative estimate of drug-likeness (QED) is 0.751. The summed E-state index contributed by atoms with van der Waals surface area (Å²) in [6, 6.07) is 14.5. The van der Waals surface area contributed by atoms with E-state index in [0.29, 0.717) is 16.0 Å². The van der Waals surface area contributed by atoms with Crippen LogP contribution in [0.5, 0.6) is 0 Å². The molecule has 0 fully saturated rings. The fraction of sp³-hybridized carbons (Fsp3) is 0.250. The molecule has 1 aliphatic rings. The van der Waals surface area contributed by atoms with Crippen LogP contribution in [0.3, 0.4) is 0 Å². The molecule has 0 bridgehead atoms. The molecule has 2 unspecified atom stereocenters. The van der Waals surface area contributed by atoms with Gasteiger partial charge >= 0.3 is 0 Å². The highest BCUT2D eigenvalue weighted by Gasteiger charge is 2.26. The fourth-order valence-electron chi connectivity index (χ4n) is 2.90. The van der Waals surface area contributed by atoms with Crippen molar-refractivity contribution in [3.8, 4) is 0 Å². The zero-order valence-corrected chi connectivity index (χ0v) is 13.2. The van der Waals surface area contributed by atoms with Crippen LogP contribution >= 0.6 is 35.6 Å². The van der Waals surface area contributed by atoms with Crippen molar-refractivity contribution in [2.75, 3.05) is 0 Å². The molecule has 2 aromatic carbocycles. The minimum atomic E-state index is 0. The summed E-state index contributed by atoms with van der Waals surface area (Å²) in [7, 11) is 0. The standard InChI is InChI=1S/C16H15Cl2N.ClH/c17-14-7-5-10(9-15(14)18)11-6-8-16(19)13-4-2-1-3-12(11)13;/h1-5,7,9,11,16H,6,8,19H2;1H. The number of hydrogen-bond donors (Lipinski definition) is 1. The summed E-state index contributed by atoms with van der Waals surface area (Å²) in [6.45, 7) is 0. The van der Waals surface area contributed by atoms with Gasteiger partial charge in [0.05, 0.1) is 10.0 Å². The Morgan fingerprint density at radius 1 is 0.900 bits per heavy atom. The first-order valence-electron chi connectivity index (χ1n) is 6.46. The van der Waals surface area contributed by atoms with Gasteiger partial charge in [-0.05, 0) is 41.7 Å². The lowest BCUT2D eigenvalue weighted by Gasteiger charge is -2.30. The maximum Gasteiger partial charge on any atom is 0.0595 e. The Balaban J connectivity index is 0.00000147. The summed E-state index contributed by atoms with van der Waals surface area (Å²) in [4.78, 5) is 0. The maximum absolute atomic E-state index is 6.19. The molecular formula is C16H16Cl3N. The van der Waals surface area contributed by atoms with Gasteiger partial charge < -0.3 is 5.73 Å². The molecule has 2 N–H and O–H groups in total. The zero-order chi connectivity index (χ0) is 13.4.